The van der Waals surface area contributed by atoms with Crippen molar-refractivity contribution in [1.82, 2.24) is 19.7 Å². The van der Waals surface area contributed by atoms with Crippen LogP contribution < -0.4 is 0 Å². The van der Waals surface area contributed by atoms with E-state index < -0.39 is 5.82 Å². The number of rotatable bonds is 2. The standard InChI is InChI=1S/C9H8ClFN4/c1-2-15-5-6(3-13-15)8-7(11)4-12-9(10)14-8/h3-5H,2H2,1H3. The van der Waals surface area contributed by atoms with E-state index in [-0.39, 0.29) is 11.0 Å². The first-order valence-electron chi connectivity index (χ1n) is 4.41. The monoisotopic (exact) mass is 226 g/mol. The molecule has 0 amide bonds. The van der Waals surface area contributed by atoms with Crippen molar-refractivity contribution in [3.63, 3.8) is 0 Å². The van der Waals surface area contributed by atoms with Crippen LogP contribution in [0, 0.1) is 5.82 Å². The highest BCUT2D eigenvalue weighted by Crippen LogP contribution is 2.20. The minimum atomic E-state index is -0.505. The molecule has 0 radical (unpaired) electrons. The summed E-state index contributed by atoms with van der Waals surface area (Å²) in [6, 6.07) is 0. The van der Waals surface area contributed by atoms with Crippen molar-refractivity contribution in [3.8, 4) is 11.3 Å². The van der Waals surface area contributed by atoms with Crippen LogP contribution in [0.5, 0.6) is 0 Å². The first kappa shape index (κ1) is 10.0. The molecule has 0 aliphatic rings. The van der Waals surface area contributed by atoms with Gasteiger partial charge in [-0.05, 0) is 18.5 Å². The Morgan fingerprint density at radius 3 is 2.93 bits per heavy atom. The second-order valence-corrected chi connectivity index (χ2v) is 3.26. The SMILES string of the molecule is CCn1cc(-c2nc(Cl)ncc2F)cn1. The van der Waals surface area contributed by atoms with Gasteiger partial charge in [-0.15, -0.1) is 0 Å². The Bertz CT molecular complexity index is 483. The van der Waals surface area contributed by atoms with Crippen LogP contribution in [-0.4, -0.2) is 19.7 Å². The number of halogens is 2. The van der Waals surface area contributed by atoms with E-state index in [0.717, 1.165) is 12.7 Å². The lowest BCUT2D eigenvalue weighted by Crippen LogP contribution is -1.93. The molecule has 0 saturated heterocycles. The third-order valence-electron chi connectivity index (χ3n) is 1.95. The van der Waals surface area contributed by atoms with Crippen molar-refractivity contribution in [1.29, 1.82) is 0 Å². The number of hydrogen-bond donors (Lipinski definition) is 0. The lowest BCUT2D eigenvalue weighted by atomic mass is 10.2. The highest BCUT2D eigenvalue weighted by atomic mass is 35.5. The molecule has 78 valence electrons. The maximum absolute atomic E-state index is 13.3. The van der Waals surface area contributed by atoms with Crippen molar-refractivity contribution in [3.05, 3.63) is 29.7 Å². The molecule has 2 aromatic rings. The first-order chi connectivity index (χ1) is 7.20. The summed E-state index contributed by atoms with van der Waals surface area (Å²) in [5, 5.41) is 4.05. The molecular formula is C9H8ClFN4. The van der Waals surface area contributed by atoms with Crippen LogP contribution in [0.3, 0.4) is 0 Å². The number of aromatic nitrogens is 4. The van der Waals surface area contributed by atoms with Gasteiger partial charge >= 0.3 is 0 Å². The van der Waals surface area contributed by atoms with Crippen molar-refractivity contribution >= 4 is 11.6 Å². The van der Waals surface area contributed by atoms with E-state index in [0.29, 0.717) is 5.56 Å². The molecule has 6 heteroatoms. The van der Waals surface area contributed by atoms with Crippen molar-refractivity contribution in [2.24, 2.45) is 0 Å². The second-order valence-electron chi connectivity index (χ2n) is 2.92. The molecule has 0 aromatic carbocycles. The van der Waals surface area contributed by atoms with Crippen LogP contribution in [0.2, 0.25) is 5.28 Å². The summed E-state index contributed by atoms with van der Waals surface area (Å²) in [6.07, 6.45) is 4.31. The lowest BCUT2D eigenvalue weighted by molar-refractivity contribution is 0.618. The van der Waals surface area contributed by atoms with Gasteiger partial charge in [0.05, 0.1) is 12.4 Å². The van der Waals surface area contributed by atoms with Crippen LogP contribution in [0.1, 0.15) is 6.92 Å². The van der Waals surface area contributed by atoms with Gasteiger partial charge in [-0.3, -0.25) is 4.68 Å². The maximum atomic E-state index is 13.3. The molecule has 0 spiro atoms. The first-order valence-corrected chi connectivity index (χ1v) is 4.79. The number of hydrogen-bond acceptors (Lipinski definition) is 3. The maximum Gasteiger partial charge on any atom is 0.223 e. The zero-order valence-corrected chi connectivity index (χ0v) is 8.74. The highest BCUT2D eigenvalue weighted by molar-refractivity contribution is 6.28. The molecule has 0 fully saturated rings. The molecule has 2 heterocycles. The van der Waals surface area contributed by atoms with E-state index in [4.69, 9.17) is 11.6 Å². The van der Waals surface area contributed by atoms with Crippen LogP contribution in [0.4, 0.5) is 4.39 Å². The minimum Gasteiger partial charge on any atom is -0.272 e. The Morgan fingerprint density at radius 1 is 1.47 bits per heavy atom. The van der Waals surface area contributed by atoms with Crippen LogP contribution in [0.25, 0.3) is 11.3 Å². The van der Waals surface area contributed by atoms with E-state index in [1.165, 1.54) is 0 Å². The van der Waals surface area contributed by atoms with Gasteiger partial charge in [-0.1, -0.05) is 0 Å². The topological polar surface area (TPSA) is 43.6 Å². The molecule has 15 heavy (non-hydrogen) atoms. The van der Waals surface area contributed by atoms with Gasteiger partial charge in [0.15, 0.2) is 5.82 Å². The quantitative estimate of drug-likeness (QED) is 0.737. The van der Waals surface area contributed by atoms with Gasteiger partial charge in [-0.2, -0.15) is 5.10 Å². The summed E-state index contributed by atoms with van der Waals surface area (Å²) in [7, 11) is 0. The molecule has 0 aliphatic carbocycles. The van der Waals surface area contributed by atoms with Gasteiger partial charge in [0.25, 0.3) is 0 Å². The molecular weight excluding hydrogens is 219 g/mol. The van der Waals surface area contributed by atoms with Crippen LogP contribution in [-0.2, 0) is 6.54 Å². The summed E-state index contributed by atoms with van der Waals surface area (Å²) >= 11 is 5.59. The summed E-state index contributed by atoms with van der Waals surface area (Å²) in [4.78, 5) is 7.36. The Kier molecular flexibility index (Phi) is 2.64. The van der Waals surface area contributed by atoms with Crippen molar-refractivity contribution in [2.45, 2.75) is 13.5 Å². The van der Waals surface area contributed by atoms with E-state index in [2.05, 4.69) is 15.1 Å². The van der Waals surface area contributed by atoms with Gasteiger partial charge in [0.2, 0.25) is 5.28 Å². The van der Waals surface area contributed by atoms with Gasteiger partial charge in [-0.25, -0.2) is 14.4 Å². The summed E-state index contributed by atoms with van der Waals surface area (Å²) < 4.78 is 15.0. The predicted octanol–water partition coefficient (Wildman–Crippen LogP) is 2.15. The van der Waals surface area contributed by atoms with E-state index in [1.807, 2.05) is 6.92 Å². The molecule has 2 aromatic heterocycles. The molecule has 4 nitrogen and oxygen atoms in total. The fraction of sp³-hybridized carbons (Fsp3) is 0.222. The fourth-order valence-corrected chi connectivity index (χ4v) is 1.34. The average Bonchev–Trinajstić information content (AvgIpc) is 2.70. The van der Waals surface area contributed by atoms with Crippen molar-refractivity contribution < 1.29 is 4.39 Å². The third kappa shape index (κ3) is 1.97. The molecule has 0 N–H and O–H groups in total. The lowest BCUT2D eigenvalue weighted by Gasteiger charge is -1.98. The average molecular weight is 227 g/mol. The smallest absolute Gasteiger partial charge is 0.223 e. The molecule has 0 unspecified atom stereocenters. The zero-order valence-electron chi connectivity index (χ0n) is 7.98. The Labute approximate surface area is 90.7 Å². The molecule has 0 atom stereocenters. The summed E-state index contributed by atoms with van der Waals surface area (Å²) in [5.74, 6) is -0.505. The summed E-state index contributed by atoms with van der Waals surface area (Å²) in [5.41, 5.74) is 0.772. The van der Waals surface area contributed by atoms with Crippen LogP contribution in [0.15, 0.2) is 18.6 Å². The van der Waals surface area contributed by atoms with E-state index >= 15 is 0 Å². The Balaban J connectivity index is 2.48. The van der Waals surface area contributed by atoms with Crippen LogP contribution >= 0.6 is 11.6 Å². The molecule has 0 aliphatic heterocycles. The van der Waals surface area contributed by atoms with E-state index in [1.54, 1.807) is 17.1 Å². The fourth-order valence-electron chi connectivity index (χ4n) is 1.21. The number of aryl methyl sites for hydroxylation is 1. The Morgan fingerprint density at radius 2 is 2.27 bits per heavy atom. The molecule has 0 bridgehead atoms. The molecule has 0 saturated carbocycles. The minimum absolute atomic E-state index is 0.0237. The Hall–Kier alpha value is -1.49. The largest absolute Gasteiger partial charge is 0.272 e. The molecule has 2 rings (SSSR count). The van der Waals surface area contributed by atoms with E-state index in [9.17, 15) is 4.39 Å². The zero-order chi connectivity index (χ0) is 10.8. The normalized spacial score (nSPS) is 10.6. The highest BCUT2D eigenvalue weighted by Gasteiger charge is 2.10. The van der Waals surface area contributed by atoms with Gasteiger partial charge in [0.1, 0.15) is 5.69 Å². The number of nitrogens with zero attached hydrogens (tertiary/aromatic N) is 4. The van der Waals surface area contributed by atoms with Crippen molar-refractivity contribution in [2.75, 3.05) is 0 Å². The van der Waals surface area contributed by atoms with Gasteiger partial charge < -0.3 is 0 Å². The third-order valence-corrected chi connectivity index (χ3v) is 2.13. The second kappa shape index (κ2) is 3.94. The summed E-state index contributed by atoms with van der Waals surface area (Å²) in [6.45, 7) is 2.67. The predicted molar refractivity (Wildman–Crippen MR) is 53.9 cm³/mol. The van der Waals surface area contributed by atoms with Gasteiger partial charge in [0, 0.05) is 18.3 Å².